The van der Waals surface area contributed by atoms with Crippen LogP contribution in [-0.4, -0.2) is 67.7 Å². The zero-order valence-corrected chi connectivity index (χ0v) is 23.7. The van der Waals surface area contributed by atoms with Crippen LogP contribution in [0.15, 0.2) is 71.6 Å². The molecule has 0 unspecified atom stereocenters. The summed E-state index contributed by atoms with van der Waals surface area (Å²) in [5, 5.41) is 1.93. The maximum absolute atomic E-state index is 13.4. The predicted molar refractivity (Wildman–Crippen MR) is 154 cm³/mol. The Morgan fingerprint density at radius 2 is 1.56 bits per heavy atom. The van der Waals surface area contributed by atoms with Crippen molar-refractivity contribution in [1.29, 1.82) is 0 Å². The molecule has 0 radical (unpaired) electrons. The lowest BCUT2D eigenvalue weighted by Crippen LogP contribution is -2.50. The molecule has 1 heterocycles. The number of rotatable bonds is 13. The molecule has 0 aromatic heterocycles. The van der Waals surface area contributed by atoms with Crippen molar-refractivity contribution in [3.05, 3.63) is 78.1 Å². The fourth-order valence-electron chi connectivity index (χ4n) is 5.07. The lowest BCUT2D eigenvalue weighted by atomic mass is 10.1. The molecule has 3 aromatic carbocycles. The van der Waals surface area contributed by atoms with Gasteiger partial charge >= 0.3 is 0 Å². The molecule has 1 fully saturated rings. The Balaban J connectivity index is 1.32. The number of benzene rings is 3. The largest absolute Gasteiger partial charge is 0.337 e. The van der Waals surface area contributed by atoms with Gasteiger partial charge < -0.3 is 4.90 Å². The molecular weight excluding hydrogens is 513 g/mol. The minimum atomic E-state index is -3.57. The summed E-state index contributed by atoms with van der Waals surface area (Å²) in [6, 6.07) is 19.4. The second kappa shape index (κ2) is 14.0. The normalized spacial score (nSPS) is 15.0. The fraction of sp³-hybridized carbons (Fsp3) is 0.452. The molecule has 0 bridgehead atoms. The van der Waals surface area contributed by atoms with E-state index >= 15 is 0 Å². The molecule has 4 rings (SSSR count). The van der Waals surface area contributed by atoms with Crippen molar-refractivity contribution in [1.82, 2.24) is 14.1 Å². The Labute approximate surface area is 232 Å². The van der Waals surface area contributed by atoms with Crippen molar-refractivity contribution in [2.24, 2.45) is 0 Å². The van der Waals surface area contributed by atoms with Crippen LogP contribution >= 0.6 is 0 Å². The van der Waals surface area contributed by atoms with E-state index in [0.717, 1.165) is 35.6 Å². The van der Waals surface area contributed by atoms with Crippen molar-refractivity contribution < 1.29 is 17.6 Å². The summed E-state index contributed by atoms with van der Waals surface area (Å²) in [6.07, 6.45) is 5.95. The van der Waals surface area contributed by atoms with Gasteiger partial charge in [-0.2, -0.15) is 4.31 Å². The van der Waals surface area contributed by atoms with Crippen LogP contribution in [0.5, 0.6) is 0 Å². The first-order valence-electron chi connectivity index (χ1n) is 14.1. The van der Waals surface area contributed by atoms with E-state index in [1.54, 1.807) is 28.6 Å². The number of piperazine rings is 1. The summed E-state index contributed by atoms with van der Waals surface area (Å²) in [5.41, 5.74) is 0.905. The van der Waals surface area contributed by atoms with E-state index in [9.17, 15) is 17.6 Å². The molecule has 0 saturated carbocycles. The Morgan fingerprint density at radius 1 is 0.872 bits per heavy atom. The van der Waals surface area contributed by atoms with E-state index in [-0.39, 0.29) is 11.7 Å². The number of sulfonamides is 1. The van der Waals surface area contributed by atoms with E-state index in [1.165, 1.54) is 25.0 Å². The quantitative estimate of drug-likeness (QED) is 0.256. The molecule has 8 heteroatoms. The molecule has 210 valence electrons. The summed E-state index contributed by atoms with van der Waals surface area (Å²) >= 11 is 0. The number of carbonyl (C=O) groups excluding carboxylic acids is 1. The van der Waals surface area contributed by atoms with Gasteiger partial charge in [0.15, 0.2) is 0 Å². The van der Waals surface area contributed by atoms with E-state index < -0.39 is 10.0 Å². The third-order valence-electron chi connectivity index (χ3n) is 7.51. The van der Waals surface area contributed by atoms with Crippen molar-refractivity contribution in [2.45, 2.75) is 56.9 Å². The van der Waals surface area contributed by atoms with E-state index in [4.69, 9.17) is 0 Å². The van der Waals surface area contributed by atoms with Gasteiger partial charge in [0.05, 0.1) is 4.90 Å². The molecule has 6 nitrogen and oxygen atoms in total. The SMILES string of the molecule is CCCCCCCC(=O)N(CCN1CCN(S(=O)(=O)c2ccc3ccccc3c2)CC1)Cc1ccc(F)cc1. The van der Waals surface area contributed by atoms with Gasteiger partial charge in [-0.3, -0.25) is 9.69 Å². The summed E-state index contributed by atoms with van der Waals surface area (Å²) in [7, 11) is -3.57. The van der Waals surface area contributed by atoms with Crippen LogP contribution in [-0.2, 0) is 21.4 Å². The lowest BCUT2D eigenvalue weighted by molar-refractivity contribution is -0.132. The molecule has 0 N–H and O–H groups in total. The van der Waals surface area contributed by atoms with E-state index in [0.29, 0.717) is 57.1 Å². The van der Waals surface area contributed by atoms with Gasteiger partial charge in [-0.1, -0.05) is 75.1 Å². The van der Waals surface area contributed by atoms with Crippen LogP contribution in [0, 0.1) is 5.82 Å². The average molecular weight is 554 g/mol. The summed E-state index contributed by atoms with van der Waals surface area (Å²) < 4.78 is 41.6. The highest BCUT2D eigenvalue weighted by Gasteiger charge is 2.29. The molecule has 1 aliphatic heterocycles. The molecule has 1 amide bonds. The predicted octanol–water partition coefficient (Wildman–Crippen LogP) is 5.67. The zero-order valence-electron chi connectivity index (χ0n) is 22.9. The van der Waals surface area contributed by atoms with E-state index in [1.807, 2.05) is 35.2 Å². The minimum absolute atomic E-state index is 0.119. The Hall–Kier alpha value is -2.81. The van der Waals surface area contributed by atoms with Gasteiger partial charge in [0.2, 0.25) is 15.9 Å². The second-order valence-electron chi connectivity index (χ2n) is 10.4. The van der Waals surface area contributed by atoms with Gasteiger partial charge in [-0.25, -0.2) is 12.8 Å². The van der Waals surface area contributed by atoms with Gasteiger partial charge in [-0.05, 0) is 47.0 Å². The standard InChI is InChI=1S/C31H40FN3O3S/c1-2-3-4-5-6-11-31(36)34(25-26-12-15-29(32)16-13-26)21-18-33-19-22-35(23-20-33)39(37,38)30-17-14-27-9-7-8-10-28(27)24-30/h7-10,12-17,24H,2-6,11,18-23,25H2,1H3. The summed E-state index contributed by atoms with van der Waals surface area (Å²) in [5.74, 6) is -0.169. The molecular formula is C31H40FN3O3S. The van der Waals surface area contributed by atoms with Crippen LogP contribution in [0.25, 0.3) is 10.8 Å². The maximum atomic E-state index is 13.4. The van der Waals surface area contributed by atoms with Crippen LogP contribution in [0.3, 0.4) is 0 Å². The third-order valence-corrected chi connectivity index (χ3v) is 9.40. The molecule has 1 saturated heterocycles. The first-order valence-corrected chi connectivity index (χ1v) is 15.5. The zero-order chi connectivity index (χ0) is 27.7. The van der Waals surface area contributed by atoms with Crippen LogP contribution in [0.2, 0.25) is 0 Å². The summed E-state index contributed by atoms with van der Waals surface area (Å²) in [4.78, 5) is 17.5. The Kier molecular flexibility index (Phi) is 10.5. The minimum Gasteiger partial charge on any atom is -0.337 e. The first-order chi connectivity index (χ1) is 18.9. The number of carbonyl (C=O) groups is 1. The fourth-order valence-corrected chi connectivity index (χ4v) is 6.53. The molecule has 0 atom stereocenters. The first kappa shape index (κ1) is 29.2. The van der Waals surface area contributed by atoms with Crippen molar-refractivity contribution in [3.63, 3.8) is 0 Å². The van der Waals surface area contributed by atoms with Crippen molar-refractivity contribution in [2.75, 3.05) is 39.3 Å². The number of nitrogens with zero attached hydrogens (tertiary/aromatic N) is 3. The molecule has 39 heavy (non-hydrogen) atoms. The summed E-state index contributed by atoms with van der Waals surface area (Å²) in [6.45, 7) is 5.91. The molecule has 0 spiro atoms. The number of hydrogen-bond acceptors (Lipinski definition) is 4. The smallest absolute Gasteiger partial charge is 0.243 e. The van der Waals surface area contributed by atoms with E-state index in [2.05, 4.69) is 11.8 Å². The van der Waals surface area contributed by atoms with Gasteiger partial charge in [0, 0.05) is 52.2 Å². The Morgan fingerprint density at radius 3 is 2.28 bits per heavy atom. The van der Waals surface area contributed by atoms with Crippen LogP contribution in [0.1, 0.15) is 51.0 Å². The van der Waals surface area contributed by atoms with Crippen molar-refractivity contribution in [3.8, 4) is 0 Å². The number of halogens is 1. The molecule has 3 aromatic rings. The number of fused-ring (bicyclic) bond motifs is 1. The highest BCUT2D eigenvalue weighted by atomic mass is 32.2. The second-order valence-corrected chi connectivity index (χ2v) is 12.3. The number of unbranched alkanes of at least 4 members (excludes halogenated alkanes) is 4. The maximum Gasteiger partial charge on any atom is 0.243 e. The topological polar surface area (TPSA) is 60.9 Å². The van der Waals surface area contributed by atoms with Gasteiger partial charge in [0.25, 0.3) is 0 Å². The molecule has 0 aliphatic carbocycles. The molecule has 1 aliphatic rings. The number of amides is 1. The monoisotopic (exact) mass is 553 g/mol. The highest BCUT2D eigenvalue weighted by molar-refractivity contribution is 7.89. The third kappa shape index (κ3) is 8.10. The van der Waals surface area contributed by atoms with Crippen LogP contribution in [0.4, 0.5) is 4.39 Å². The van der Waals surface area contributed by atoms with Crippen LogP contribution < -0.4 is 0 Å². The highest BCUT2D eigenvalue weighted by Crippen LogP contribution is 2.23. The van der Waals surface area contributed by atoms with Crippen molar-refractivity contribution >= 4 is 26.7 Å². The number of hydrogen-bond donors (Lipinski definition) is 0. The average Bonchev–Trinajstić information content (AvgIpc) is 2.96. The van der Waals surface area contributed by atoms with Gasteiger partial charge in [0.1, 0.15) is 5.82 Å². The lowest BCUT2D eigenvalue weighted by Gasteiger charge is -2.35. The van der Waals surface area contributed by atoms with Gasteiger partial charge in [-0.15, -0.1) is 0 Å². The Bertz CT molecular complexity index is 1320.